The van der Waals surface area contributed by atoms with Crippen LogP contribution in [0.4, 0.5) is 0 Å². The Morgan fingerprint density at radius 1 is 1.05 bits per heavy atom. The van der Waals surface area contributed by atoms with Crippen molar-refractivity contribution >= 4 is 32.6 Å². The molecule has 0 aliphatic rings. The Morgan fingerprint density at radius 3 is 1.76 bits per heavy atom. The van der Waals surface area contributed by atoms with Gasteiger partial charge < -0.3 is 0 Å². The molecule has 0 saturated carbocycles. The molecule has 0 radical (unpaired) electrons. The number of nitrogens with zero attached hydrogens (tertiary/aromatic N) is 5. The Hall–Kier alpha value is -0.192. The van der Waals surface area contributed by atoms with Crippen molar-refractivity contribution in [2.24, 2.45) is 9.96 Å². The van der Waals surface area contributed by atoms with Gasteiger partial charge in [-0.15, -0.1) is 0 Å². The van der Waals surface area contributed by atoms with E-state index >= 15 is 0 Å². The average molecular weight is 381 g/mol. The van der Waals surface area contributed by atoms with Crippen LogP contribution in [0.5, 0.6) is 0 Å². The van der Waals surface area contributed by atoms with E-state index in [1.807, 2.05) is 42.3 Å². The second-order valence-corrected chi connectivity index (χ2v) is 13.5. The number of hydrogen-bond acceptors (Lipinski definition) is 3. The summed E-state index contributed by atoms with van der Waals surface area (Å²) in [6.45, 7) is 2.15. The van der Waals surface area contributed by atoms with Crippen LogP contribution < -0.4 is 0 Å². The van der Waals surface area contributed by atoms with E-state index in [-0.39, 0.29) is 5.97 Å². The van der Waals surface area contributed by atoms with Crippen LogP contribution in [0.15, 0.2) is 9.96 Å². The Kier molecular flexibility index (Phi) is 8.98. The predicted molar refractivity (Wildman–Crippen MR) is 92.0 cm³/mol. The molecule has 0 N–H and O–H groups in total. The molecule has 0 aromatic carbocycles. The molecular formula is C12H29AsN5O2P. The molecule has 124 valence electrons. The third-order valence-electron chi connectivity index (χ3n) is 2.75. The zero-order valence-corrected chi connectivity index (χ0v) is 17.4. The quantitative estimate of drug-likeness (QED) is 0.221. The molecule has 0 saturated heterocycles. The number of carbonyl (C=O) groups is 1. The monoisotopic (exact) mass is 381 g/mol. The zero-order chi connectivity index (χ0) is 16.8. The van der Waals surface area contributed by atoms with E-state index in [0.717, 1.165) is 0 Å². The molecule has 9 heteroatoms. The van der Waals surface area contributed by atoms with Crippen molar-refractivity contribution in [2.45, 2.75) is 18.3 Å². The van der Waals surface area contributed by atoms with Crippen molar-refractivity contribution in [3.63, 3.8) is 0 Å². The first-order valence-electron chi connectivity index (χ1n) is 6.68. The van der Waals surface area contributed by atoms with Gasteiger partial charge in [-0.1, -0.05) is 0 Å². The fourth-order valence-corrected chi connectivity index (χ4v) is 6.28. The topological polar surface area (TPSA) is 60.7 Å². The second kappa shape index (κ2) is 9.06. The first kappa shape index (κ1) is 20.8. The molecule has 0 aromatic rings. The summed E-state index contributed by atoms with van der Waals surface area (Å²) >= 11 is -1.48. The summed E-state index contributed by atoms with van der Waals surface area (Å²) in [7, 11) is 9.75. The van der Waals surface area contributed by atoms with E-state index in [4.69, 9.17) is 4.74 Å². The van der Waals surface area contributed by atoms with E-state index in [0.29, 0.717) is 11.1 Å². The number of carbonyl (C=O) groups excluding carboxylic acids is 1. The zero-order valence-electron chi connectivity index (χ0n) is 14.7. The predicted octanol–water partition coefficient (Wildman–Crippen LogP) is 1.83. The SMILES string of the molecule is CCOC(=O)/C(=N/N=P(N(C)C)(N(C)C)N(C)C)[As](C)C. The summed E-state index contributed by atoms with van der Waals surface area (Å²) in [5, 5.41) is 4.33. The van der Waals surface area contributed by atoms with Gasteiger partial charge in [-0.25, -0.2) is 0 Å². The number of esters is 1. The van der Waals surface area contributed by atoms with Crippen LogP contribution in [0.1, 0.15) is 6.92 Å². The minimum absolute atomic E-state index is 0.333. The van der Waals surface area contributed by atoms with E-state index in [9.17, 15) is 4.79 Å². The molecule has 0 amide bonds. The molecule has 0 aliphatic heterocycles. The van der Waals surface area contributed by atoms with Crippen molar-refractivity contribution in [3.8, 4) is 0 Å². The third-order valence-corrected chi connectivity index (χ3v) is 8.65. The van der Waals surface area contributed by atoms with E-state index in [1.165, 1.54) is 0 Å². The van der Waals surface area contributed by atoms with Gasteiger partial charge in [0.05, 0.1) is 0 Å². The fraction of sp³-hybridized carbons (Fsp3) is 0.833. The molecule has 0 unspecified atom stereocenters. The third kappa shape index (κ3) is 5.18. The first-order chi connectivity index (χ1) is 9.61. The van der Waals surface area contributed by atoms with Crippen LogP contribution in [0.25, 0.3) is 0 Å². The minimum atomic E-state index is -2.11. The van der Waals surface area contributed by atoms with Crippen LogP contribution in [-0.2, 0) is 9.53 Å². The van der Waals surface area contributed by atoms with Gasteiger partial charge >= 0.3 is 133 Å². The van der Waals surface area contributed by atoms with Crippen LogP contribution in [0.3, 0.4) is 0 Å². The summed E-state index contributed by atoms with van der Waals surface area (Å²) < 4.78 is 11.8. The summed E-state index contributed by atoms with van der Waals surface area (Å²) in [4.78, 5) is 16.6. The van der Waals surface area contributed by atoms with Gasteiger partial charge in [0.1, 0.15) is 0 Å². The molecule has 0 bridgehead atoms. The van der Waals surface area contributed by atoms with Gasteiger partial charge in [0.2, 0.25) is 0 Å². The van der Waals surface area contributed by atoms with E-state index < -0.39 is 22.2 Å². The number of ether oxygens (including phenoxy) is 1. The van der Waals surface area contributed by atoms with Gasteiger partial charge in [-0.05, 0) is 0 Å². The second-order valence-electron chi connectivity index (χ2n) is 5.21. The molecule has 0 aliphatic carbocycles. The molecule has 0 aromatic heterocycles. The Morgan fingerprint density at radius 2 is 1.48 bits per heavy atom. The maximum atomic E-state index is 12.0. The standard InChI is InChI=1S/C12H29AsN5O2P/c1-10-20-12(19)11(13(2)3)14-15-21(16(4)5,17(6)7)18(8)9/h10H2,1-9H3/b14-11-. The van der Waals surface area contributed by atoms with Crippen molar-refractivity contribution in [1.29, 1.82) is 0 Å². The van der Waals surface area contributed by atoms with E-state index in [2.05, 4.69) is 35.4 Å². The van der Waals surface area contributed by atoms with E-state index in [1.54, 1.807) is 6.92 Å². The molecule has 21 heavy (non-hydrogen) atoms. The summed E-state index contributed by atoms with van der Waals surface area (Å²) in [6, 6.07) is 0. The fourth-order valence-electron chi connectivity index (χ4n) is 1.92. The Balaban J connectivity index is 5.95. The normalized spacial score (nSPS) is 13.5. The molecule has 0 spiro atoms. The number of hydrogen-bond donors (Lipinski definition) is 0. The van der Waals surface area contributed by atoms with Crippen LogP contribution in [0.2, 0.25) is 11.4 Å². The maximum absolute atomic E-state index is 12.0. The van der Waals surface area contributed by atoms with Crippen LogP contribution in [0, 0.1) is 0 Å². The summed E-state index contributed by atoms with van der Waals surface area (Å²) in [5.74, 6) is -0.333. The summed E-state index contributed by atoms with van der Waals surface area (Å²) in [6.07, 6.45) is 0. The van der Waals surface area contributed by atoms with Gasteiger partial charge in [0, 0.05) is 0 Å². The molecule has 7 nitrogen and oxygen atoms in total. The first-order valence-corrected chi connectivity index (χ1v) is 13.0. The molecule has 0 heterocycles. The Labute approximate surface area is 133 Å². The Bertz CT molecular complexity index is 407. The van der Waals surface area contributed by atoms with Crippen molar-refractivity contribution in [3.05, 3.63) is 0 Å². The summed E-state index contributed by atoms with van der Waals surface area (Å²) in [5.41, 5.74) is 4.11. The molecular weight excluding hydrogens is 352 g/mol. The molecule has 0 atom stereocenters. The van der Waals surface area contributed by atoms with Crippen LogP contribution in [-0.4, -0.2) is 88.0 Å². The average Bonchev–Trinajstić information content (AvgIpc) is 2.32. The van der Waals surface area contributed by atoms with Crippen molar-refractivity contribution < 1.29 is 9.53 Å². The van der Waals surface area contributed by atoms with Gasteiger partial charge in [0.15, 0.2) is 0 Å². The van der Waals surface area contributed by atoms with Crippen molar-refractivity contribution in [2.75, 3.05) is 48.9 Å². The van der Waals surface area contributed by atoms with Crippen LogP contribution >= 0.6 is 7.51 Å². The van der Waals surface area contributed by atoms with Gasteiger partial charge in [0.25, 0.3) is 0 Å². The number of rotatable bonds is 7. The molecule has 0 rings (SSSR count). The van der Waals surface area contributed by atoms with Gasteiger partial charge in [-0.3, -0.25) is 0 Å². The van der Waals surface area contributed by atoms with Crippen molar-refractivity contribution in [1.82, 2.24) is 14.0 Å². The van der Waals surface area contributed by atoms with Gasteiger partial charge in [-0.2, -0.15) is 0 Å². The molecule has 0 fully saturated rings.